The number of nitrogen functional groups attached to an aromatic ring is 2. The number of anilines is 2. The highest BCUT2D eigenvalue weighted by Crippen LogP contribution is 2.07. The van der Waals surface area contributed by atoms with E-state index in [0.717, 1.165) is 17.4 Å². The standard InChI is InChI=1S/C11H18N4O2.N/c1-3-5-7-14-9(13)8(12)10(16)15(6-4-2)11(14)17;/h4H,2-3,5-7,12-13H2,1H3;. The molecule has 0 saturated heterocycles. The van der Waals surface area contributed by atoms with Crippen molar-refractivity contribution in [1.29, 1.82) is 0 Å². The van der Waals surface area contributed by atoms with Gasteiger partial charge in [-0.05, 0) is 6.42 Å². The highest BCUT2D eigenvalue weighted by Gasteiger charge is 2.13. The highest BCUT2D eigenvalue weighted by molar-refractivity contribution is 5.56. The quantitative estimate of drug-likeness (QED) is 0.696. The van der Waals surface area contributed by atoms with E-state index in [2.05, 4.69) is 6.58 Å². The molecule has 0 spiro atoms. The van der Waals surface area contributed by atoms with Gasteiger partial charge in [-0.25, -0.2) is 4.79 Å². The van der Waals surface area contributed by atoms with Crippen molar-refractivity contribution in [2.45, 2.75) is 32.9 Å². The van der Waals surface area contributed by atoms with Crippen LogP contribution < -0.4 is 28.9 Å². The number of allylic oxidation sites excluding steroid dienone is 1. The van der Waals surface area contributed by atoms with Crippen molar-refractivity contribution >= 4 is 11.5 Å². The molecule has 99 valence electrons. The lowest BCUT2D eigenvalue weighted by atomic mass is 10.3. The Bertz CT molecular complexity index is 529. The minimum atomic E-state index is -0.555. The van der Waals surface area contributed by atoms with Crippen LogP contribution in [0.15, 0.2) is 22.2 Å². The monoisotopic (exact) mass is 252 g/mol. The summed E-state index contributed by atoms with van der Waals surface area (Å²) in [5.41, 5.74) is 10.2. The fourth-order valence-electron chi connectivity index (χ4n) is 1.56. The molecular formula is C11H18N5O2. The Kier molecular flexibility index (Phi) is 5.90. The van der Waals surface area contributed by atoms with Crippen molar-refractivity contribution in [2.24, 2.45) is 0 Å². The van der Waals surface area contributed by atoms with E-state index >= 15 is 0 Å². The Hall–Kier alpha value is -2.02. The summed E-state index contributed by atoms with van der Waals surface area (Å²) in [6, 6.07) is 0. The molecule has 0 aliphatic rings. The average molecular weight is 252 g/mol. The molecule has 0 aliphatic carbocycles. The summed E-state index contributed by atoms with van der Waals surface area (Å²) in [5.74, 6) is 0.0498. The maximum absolute atomic E-state index is 12.0. The normalized spacial score (nSPS) is 9.83. The number of hydrogen-bond acceptors (Lipinski definition) is 4. The number of rotatable bonds is 5. The molecule has 3 radical (unpaired) electrons. The lowest BCUT2D eigenvalue weighted by Gasteiger charge is -2.13. The molecule has 0 atom stereocenters. The third-order valence-corrected chi connectivity index (χ3v) is 2.55. The minimum Gasteiger partial charge on any atom is -0.391 e. The van der Waals surface area contributed by atoms with Gasteiger partial charge >= 0.3 is 5.69 Å². The van der Waals surface area contributed by atoms with Gasteiger partial charge in [0.2, 0.25) is 0 Å². The molecular weight excluding hydrogens is 234 g/mol. The van der Waals surface area contributed by atoms with Crippen molar-refractivity contribution in [2.75, 3.05) is 11.5 Å². The average Bonchev–Trinajstić information content (AvgIpc) is 2.32. The van der Waals surface area contributed by atoms with Gasteiger partial charge in [0.25, 0.3) is 5.56 Å². The van der Waals surface area contributed by atoms with E-state index in [0.29, 0.717) is 6.54 Å². The van der Waals surface area contributed by atoms with Crippen LogP contribution in [0.3, 0.4) is 0 Å². The van der Waals surface area contributed by atoms with Crippen LogP contribution in [0.25, 0.3) is 0 Å². The van der Waals surface area contributed by atoms with Gasteiger partial charge in [-0.15, -0.1) is 6.58 Å². The summed E-state index contributed by atoms with van der Waals surface area (Å²) in [6.07, 6.45) is 3.20. The Morgan fingerprint density at radius 3 is 2.39 bits per heavy atom. The molecule has 1 rings (SSSR count). The third-order valence-electron chi connectivity index (χ3n) is 2.55. The molecule has 7 nitrogen and oxygen atoms in total. The molecule has 18 heavy (non-hydrogen) atoms. The van der Waals surface area contributed by atoms with E-state index in [4.69, 9.17) is 11.5 Å². The summed E-state index contributed by atoms with van der Waals surface area (Å²) in [7, 11) is 0. The van der Waals surface area contributed by atoms with Crippen molar-refractivity contribution in [3.05, 3.63) is 33.5 Å². The van der Waals surface area contributed by atoms with Crippen molar-refractivity contribution in [3.8, 4) is 0 Å². The maximum Gasteiger partial charge on any atom is 0.332 e. The third kappa shape index (κ3) is 2.80. The summed E-state index contributed by atoms with van der Waals surface area (Å²) in [4.78, 5) is 23.7. The van der Waals surface area contributed by atoms with Crippen LogP contribution in [0.1, 0.15) is 19.8 Å². The van der Waals surface area contributed by atoms with Crippen molar-refractivity contribution < 1.29 is 0 Å². The van der Waals surface area contributed by atoms with Crippen LogP contribution in [0, 0.1) is 0 Å². The Balaban J connectivity index is 0.00000289. The highest BCUT2D eigenvalue weighted by atomic mass is 16.2. The molecule has 0 aromatic carbocycles. The molecule has 0 aliphatic heterocycles. The van der Waals surface area contributed by atoms with Gasteiger partial charge in [0, 0.05) is 19.2 Å². The second-order valence-corrected chi connectivity index (χ2v) is 3.79. The molecule has 1 heterocycles. The Morgan fingerprint density at radius 2 is 1.89 bits per heavy atom. The first-order valence-corrected chi connectivity index (χ1v) is 5.54. The summed E-state index contributed by atoms with van der Waals surface area (Å²) in [5, 5.41) is 0. The molecule has 0 amide bonds. The summed E-state index contributed by atoms with van der Waals surface area (Å²) >= 11 is 0. The first-order chi connectivity index (χ1) is 8.04. The van der Waals surface area contributed by atoms with Gasteiger partial charge < -0.3 is 11.5 Å². The van der Waals surface area contributed by atoms with E-state index in [-0.39, 0.29) is 24.2 Å². The number of aromatic nitrogens is 2. The van der Waals surface area contributed by atoms with Crippen molar-refractivity contribution in [3.63, 3.8) is 0 Å². The second-order valence-electron chi connectivity index (χ2n) is 3.79. The first kappa shape index (κ1) is 16.0. The first-order valence-electron chi connectivity index (χ1n) is 5.54. The topological polar surface area (TPSA) is 127 Å². The summed E-state index contributed by atoms with van der Waals surface area (Å²) in [6.45, 7) is 6.10. The van der Waals surface area contributed by atoms with Crippen molar-refractivity contribution in [1.82, 2.24) is 15.3 Å². The zero-order valence-electron chi connectivity index (χ0n) is 10.4. The van der Waals surface area contributed by atoms with Crippen LogP contribution in [-0.4, -0.2) is 9.13 Å². The largest absolute Gasteiger partial charge is 0.391 e. The molecule has 4 N–H and O–H groups in total. The Labute approximate surface area is 105 Å². The predicted octanol–water partition coefficient (Wildman–Crippen LogP) is -0.320. The fourth-order valence-corrected chi connectivity index (χ4v) is 1.56. The molecule has 1 aromatic heterocycles. The molecule has 0 bridgehead atoms. The summed E-state index contributed by atoms with van der Waals surface area (Å²) < 4.78 is 2.37. The number of nitrogens with two attached hydrogens (primary N) is 2. The lowest BCUT2D eigenvalue weighted by molar-refractivity contribution is 0.564. The maximum atomic E-state index is 12.0. The fraction of sp³-hybridized carbons (Fsp3) is 0.455. The zero-order chi connectivity index (χ0) is 13.0. The van der Waals surface area contributed by atoms with E-state index in [1.807, 2.05) is 6.92 Å². The minimum absolute atomic E-state index is 0. The molecule has 7 heteroatoms. The Morgan fingerprint density at radius 1 is 1.28 bits per heavy atom. The van der Waals surface area contributed by atoms with Gasteiger partial charge in [0.05, 0.1) is 0 Å². The predicted molar refractivity (Wildman–Crippen MR) is 71.0 cm³/mol. The smallest absolute Gasteiger partial charge is 0.332 e. The SMILES string of the molecule is C=CCn1c(=O)c(N)c(N)n(CCCC)c1=O.[N]. The van der Waals surface area contributed by atoms with E-state index < -0.39 is 11.2 Å². The number of hydrogen-bond donors (Lipinski definition) is 2. The zero-order valence-corrected chi connectivity index (χ0v) is 10.4. The molecule has 1 aromatic rings. The van der Waals surface area contributed by atoms with Crippen LogP contribution in [0.2, 0.25) is 0 Å². The second kappa shape index (κ2) is 6.65. The van der Waals surface area contributed by atoms with Crippen LogP contribution in [-0.2, 0) is 13.1 Å². The number of unbranched alkanes of at least 4 members (excludes halogenated alkanes) is 1. The molecule has 0 unspecified atom stereocenters. The van der Waals surface area contributed by atoms with E-state index in [1.165, 1.54) is 10.6 Å². The van der Waals surface area contributed by atoms with E-state index in [1.54, 1.807) is 0 Å². The van der Waals surface area contributed by atoms with Gasteiger partial charge in [0.15, 0.2) is 0 Å². The lowest BCUT2D eigenvalue weighted by Crippen LogP contribution is -2.42. The van der Waals surface area contributed by atoms with Crippen LogP contribution >= 0.6 is 0 Å². The van der Waals surface area contributed by atoms with Gasteiger partial charge in [-0.1, -0.05) is 19.4 Å². The van der Waals surface area contributed by atoms with Gasteiger partial charge in [-0.3, -0.25) is 13.9 Å². The van der Waals surface area contributed by atoms with Crippen LogP contribution in [0.5, 0.6) is 0 Å². The van der Waals surface area contributed by atoms with Gasteiger partial charge in [0.1, 0.15) is 11.5 Å². The molecule has 0 fully saturated rings. The number of nitrogens with zero attached hydrogens (tertiary/aromatic N) is 3. The van der Waals surface area contributed by atoms with E-state index in [9.17, 15) is 9.59 Å². The van der Waals surface area contributed by atoms with Gasteiger partial charge in [-0.2, -0.15) is 0 Å². The van der Waals surface area contributed by atoms with Crippen LogP contribution in [0.4, 0.5) is 11.5 Å². The molecule has 0 saturated carbocycles.